The molecular weight excluding hydrogens is 208 g/mol. The van der Waals surface area contributed by atoms with E-state index in [1.54, 1.807) is 7.11 Å². The lowest BCUT2D eigenvalue weighted by molar-refractivity contribution is -0.120. The number of hydrogen-bond donors (Lipinski definition) is 2. The molecule has 0 bridgehead atoms. The maximum atomic E-state index is 11.2. The van der Waals surface area contributed by atoms with Crippen LogP contribution in [0.25, 0.3) is 0 Å². The maximum absolute atomic E-state index is 11.2. The van der Waals surface area contributed by atoms with Gasteiger partial charge in [0.2, 0.25) is 5.91 Å². The second kappa shape index (κ2) is 10.9. The molecule has 0 aromatic heterocycles. The fraction of sp³-hybridized carbons (Fsp3) is 0.909. The number of carbonyl (C=O) groups excluding carboxylic acids is 1. The summed E-state index contributed by atoms with van der Waals surface area (Å²) in [6.45, 7) is 6.94. The van der Waals surface area contributed by atoms with E-state index in [9.17, 15) is 4.79 Å². The molecule has 0 saturated carbocycles. The van der Waals surface area contributed by atoms with Crippen molar-refractivity contribution in [2.24, 2.45) is 0 Å². The van der Waals surface area contributed by atoms with Crippen molar-refractivity contribution in [3.8, 4) is 0 Å². The van der Waals surface area contributed by atoms with Gasteiger partial charge in [0.1, 0.15) is 0 Å². The third-order valence-corrected chi connectivity index (χ3v) is 1.89. The van der Waals surface area contributed by atoms with Gasteiger partial charge in [-0.3, -0.25) is 4.79 Å². The van der Waals surface area contributed by atoms with E-state index in [4.69, 9.17) is 9.47 Å². The number of rotatable bonds is 10. The summed E-state index contributed by atoms with van der Waals surface area (Å²) in [6.07, 6.45) is 0.830. The quantitative estimate of drug-likeness (QED) is 0.527. The van der Waals surface area contributed by atoms with E-state index in [-0.39, 0.29) is 5.91 Å². The first-order valence-electron chi connectivity index (χ1n) is 5.73. The highest BCUT2D eigenvalue weighted by Crippen LogP contribution is 1.82. The molecule has 0 saturated heterocycles. The molecule has 0 spiro atoms. The third-order valence-electron chi connectivity index (χ3n) is 1.89. The van der Waals surface area contributed by atoms with Crippen molar-refractivity contribution in [2.75, 3.05) is 40.0 Å². The van der Waals surface area contributed by atoms with Gasteiger partial charge in [0.05, 0.1) is 19.8 Å². The Bertz CT molecular complexity index is 175. The first-order chi connectivity index (χ1) is 7.66. The largest absolute Gasteiger partial charge is 0.382 e. The molecule has 16 heavy (non-hydrogen) atoms. The van der Waals surface area contributed by atoms with E-state index in [0.29, 0.717) is 39.0 Å². The first kappa shape index (κ1) is 15.3. The Morgan fingerprint density at radius 1 is 1.25 bits per heavy atom. The molecule has 0 aliphatic carbocycles. The maximum Gasteiger partial charge on any atom is 0.233 e. The normalized spacial score (nSPS) is 10.8. The van der Waals surface area contributed by atoms with Gasteiger partial charge in [0.25, 0.3) is 0 Å². The Morgan fingerprint density at radius 3 is 2.62 bits per heavy atom. The average molecular weight is 232 g/mol. The van der Waals surface area contributed by atoms with Gasteiger partial charge in [0.15, 0.2) is 0 Å². The van der Waals surface area contributed by atoms with Crippen LogP contribution in [-0.4, -0.2) is 52.0 Å². The summed E-state index contributed by atoms with van der Waals surface area (Å²) in [5.74, 6) is 0.0330. The van der Waals surface area contributed by atoms with E-state index in [0.717, 1.165) is 6.42 Å². The highest BCUT2D eigenvalue weighted by molar-refractivity contribution is 5.77. The van der Waals surface area contributed by atoms with Gasteiger partial charge in [-0.1, -0.05) is 13.8 Å². The van der Waals surface area contributed by atoms with Crippen LogP contribution in [0.3, 0.4) is 0 Å². The number of carbonyl (C=O) groups is 1. The highest BCUT2D eigenvalue weighted by Gasteiger charge is 2.00. The van der Waals surface area contributed by atoms with Crippen molar-refractivity contribution in [3.05, 3.63) is 0 Å². The van der Waals surface area contributed by atoms with Crippen molar-refractivity contribution in [3.63, 3.8) is 0 Å². The van der Waals surface area contributed by atoms with E-state index in [1.165, 1.54) is 0 Å². The summed E-state index contributed by atoms with van der Waals surface area (Å²) in [4.78, 5) is 11.2. The standard InChI is InChI=1S/C11H24N2O3/c1-10(2)13-9-11(14)12-5-4-6-16-8-7-15-3/h10,13H,4-9H2,1-3H3,(H,12,14). The Kier molecular flexibility index (Phi) is 10.4. The Balaban J connectivity index is 3.15. The van der Waals surface area contributed by atoms with Crippen LogP contribution >= 0.6 is 0 Å². The molecule has 0 aromatic carbocycles. The minimum Gasteiger partial charge on any atom is -0.382 e. The molecule has 96 valence electrons. The number of nitrogens with one attached hydrogen (secondary N) is 2. The lowest BCUT2D eigenvalue weighted by atomic mass is 10.4. The van der Waals surface area contributed by atoms with Crippen LogP contribution < -0.4 is 10.6 Å². The predicted octanol–water partition coefficient (Wildman–Crippen LogP) is 0.154. The summed E-state index contributed by atoms with van der Waals surface area (Å²) in [6, 6.07) is 0.336. The van der Waals surface area contributed by atoms with Crippen LogP contribution in [0.1, 0.15) is 20.3 Å². The SMILES string of the molecule is COCCOCCCNC(=O)CNC(C)C. The van der Waals surface area contributed by atoms with Crippen LogP contribution in [0.5, 0.6) is 0 Å². The number of hydrogen-bond acceptors (Lipinski definition) is 4. The molecule has 0 rings (SSSR count). The van der Waals surface area contributed by atoms with Gasteiger partial charge >= 0.3 is 0 Å². The molecule has 0 atom stereocenters. The predicted molar refractivity (Wildman–Crippen MR) is 63.5 cm³/mol. The van der Waals surface area contributed by atoms with Crippen LogP contribution in [0, 0.1) is 0 Å². The first-order valence-corrected chi connectivity index (χ1v) is 5.73. The van der Waals surface area contributed by atoms with Crippen molar-refractivity contribution < 1.29 is 14.3 Å². The molecule has 0 fully saturated rings. The van der Waals surface area contributed by atoms with E-state index < -0.39 is 0 Å². The molecule has 1 amide bonds. The molecule has 0 aromatic rings. The zero-order valence-electron chi connectivity index (χ0n) is 10.5. The monoisotopic (exact) mass is 232 g/mol. The molecule has 2 N–H and O–H groups in total. The molecule has 0 aliphatic rings. The zero-order chi connectivity index (χ0) is 12.2. The summed E-state index contributed by atoms with van der Waals surface area (Å²) in [5.41, 5.74) is 0. The van der Waals surface area contributed by atoms with Gasteiger partial charge < -0.3 is 20.1 Å². The topological polar surface area (TPSA) is 59.6 Å². The second-order valence-corrected chi connectivity index (χ2v) is 3.84. The Hall–Kier alpha value is -0.650. The van der Waals surface area contributed by atoms with Gasteiger partial charge in [-0.05, 0) is 6.42 Å². The van der Waals surface area contributed by atoms with Crippen LogP contribution in [0.4, 0.5) is 0 Å². The fourth-order valence-corrected chi connectivity index (χ4v) is 1.01. The highest BCUT2D eigenvalue weighted by atomic mass is 16.5. The Labute approximate surface area is 97.9 Å². The molecule has 0 aliphatic heterocycles. The minimum absolute atomic E-state index is 0.0330. The van der Waals surface area contributed by atoms with Crippen molar-refractivity contribution in [1.29, 1.82) is 0 Å². The molecule has 0 unspecified atom stereocenters. The van der Waals surface area contributed by atoms with Crippen LogP contribution in [-0.2, 0) is 14.3 Å². The van der Waals surface area contributed by atoms with E-state index in [2.05, 4.69) is 10.6 Å². The minimum atomic E-state index is 0.0330. The van der Waals surface area contributed by atoms with E-state index in [1.807, 2.05) is 13.8 Å². The van der Waals surface area contributed by atoms with Crippen molar-refractivity contribution >= 4 is 5.91 Å². The van der Waals surface area contributed by atoms with Crippen LogP contribution in [0.2, 0.25) is 0 Å². The average Bonchev–Trinajstić information content (AvgIpc) is 2.25. The smallest absolute Gasteiger partial charge is 0.233 e. The molecule has 0 heterocycles. The summed E-state index contributed by atoms with van der Waals surface area (Å²) in [5, 5.41) is 5.87. The van der Waals surface area contributed by atoms with Crippen molar-refractivity contribution in [2.45, 2.75) is 26.3 Å². The molecule has 0 radical (unpaired) electrons. The van der Waals surface area contributed by atoms with Crippen LogP contribution in [0.15, 0.2) is 0 Å². The number of amides is 1. The Morgan fingerprint density at radius 2 is 2.00 bits per heavy atom. The second-order valence-electron chi connectivity index (χ2n) is 3.84. The van der Waals surface area contributed by atoms with Gasteiger partial charge in [-0.15, -0.1) is 0 Å². The van der Waals surface area contributed by atoms with Gasteiger partial charge in [-0.2, -0.15) is 0 Å². The van der Waals surface area contributed by atoms with Gasteiger partial charge in [0, 0.05) is 26.3 Å². The lowest BCUT2D eigenvalue weighted by Crippen LogP contribution is -2.37. The number of methoxy groups -OCH3 is 1. The third kappa shape index (κ3) is 11.4. The summed E-state index contributed by atoms with van der Waals surface area (Å²) in [7, 11) is 1.64. The fourth-order valence-electron chi connectivity index (χ4n) is 1.01. The van der Waals surface area contributed by atoms with Gasteiger partial charge in [-0.25, -0.2) is 0 Å². The molecule has 5 heteroatoms. The van der Waals surface area contributed by atoms with E-state index >= 15 is 0 Å². The zero-order valence-corrected chi connectivity index (χ0v) is 10.5. The summed E-state index contributed by atoms with van der Waals surface area (Å²) >= 11 is 0. The van der Waals surface area contributed by atoms with Crippen molar-refractivity contribution in [1.82, 2.24) is 10.6 Å². The summed E-state index contributed by atoms with van der Waals surface area (Å²) < 4.78 is 10.1. The number of ether oxygens (including phenoxy) is 2. The molecular formula is C11H24N2O3. The lowest BCUT2D eigenvalue weighted by Gasteiger charge is -2.09. The molecule has 5 nitrogen and oxygen atoms in total.